The van der Waals surface area contributed by atoms with Gasteiger partial charge >= 0.3 is 0 Å². The maximum absolute atomic E-state index is 13.2. The van der Waals surface area contributed by atoms with Crippen molar-refractivity contribution in [3.8, 4) is 16.9 Å². The van der Waals surface area contributed by atoms with E-state index in [1.807, 2.05) is 59.4 Å². The molecule has 35 heavy (non-hydrogen) atoms. The molecule has 4 nitrogen and oxygen atoms in total. The summed E-state index contributed by atoms with van der Waals surface area (Å²) in [5, 5.41) is 7.28. The maximum atomic E-state index is 13.2. The van der Waals surface area contributed by atoms with Crippen LogP contribution in [0, 0.1) is 0 Å². The highest BCUT2D eigenvalue weighted by molar-refractivity contribution is 8.26. The van der Waals surface area contributed by atoms with Crippen LogP contribution in [0.3, 0.4) is 0 Å². The number of carbonyl (C=O) groups excluding carboxylic acids is 1. The van der Waals surface area contributed by atoms with E-state index in [4.69, 9.17) is 17.3 Å². The number of fused-ring (bicyclic) bond motifs is 1. The van der Waals surface area contributed by atoms with Crippen LogP contribution >= 0.6 is 24.0 Å². The first-order chi connectivity index (χ1) is 17.1. The van der Waals surface area contributed by atoms with Crippen LogP contribution in [-0.2, 0) is 4.79 Å². The molecule has 6 heteroatoms. The number of amides is 1. The van der Waals surface area contributed by atoms with Crippen molar-refractivity contribution in [2.75, 3.05) is 6.54 Å². The summed E-state index contributed by atoms with van der Waals surface area (Å²) in [6.45, 7) is 2.87. The molecule has 1 aliphatic heterocycles. The van der Waals surface area contributed by atoms with Gasteiger partial charge in [-0.05, 0) is 41.5 Å². The van der Waals surface area contributed by atoms with Crippen molar-refractivity contribution >= 4 is 51.1 Å². The standard InChI is InChI=1S/C29H27N3OS2/c1-2-3-4-10-17-31-28(33)26(35-29(31)34)19-24-20-32(25-13-6-5-7-14-25)30-27(24)23-16-15-21-11-8-9-12-22(21)18-23/h5-9,11-16,18-20H,2-4,10,17H2,1H3. The van der Waals surface area contributed by atoms with E-state index >= 15 is 0 Å². The predicted molar refractivity (Wildman–Crippen MR) is 151 cm³/mol. The molecule has 3 aromatic carbocycles. The molecule has 1 amide bonds. The lowest BCUT2D eigenvalue weighted by Crippen LogP contribution is -2.29. The minimum atomic E-state index is -0.00609. The van der Waals surface area contributed by atoms with Gasteiger partial charge in [-0.3, -0.25) is 9.69 Å². The number of para-hydroxylation sites is 1. The number of thiocarbonyl (C=S) groups is 1. The maximum Gasteiger partial charge on any atom is 0.266 e. The van der Waals surface area contributed by atoms with Crippen molar-refractivity contribution in [3.63, 3.8) is 0 Å². The third-order valence-electron chi connectivity index (χ3n) is 6.18. The van der Waals surface area contributed by atoms with Crippen molar-refractivity contribution in [1.82, 2.24) is 14.7 Å². The Balaban J connectivity index is 1.52. The van der Waals surface area contributed by atoms with E-state index in [0.29, 0.717) is 15.8 Å². The first kappa shape index (κ1) is 23.5. The smallest absolute Gasteiger partial charge is 0.266 e. The number of aromatic nitrogens is 2. The SMILES string of the molecule is CCCCCCN1C(=O)C(=Cc2cn(-c3ccccc3)nc2-c2ccc3ccccc3c2)SC1=S. The highest BCUT2D eigenvalue weighted by Gasteiger charge is 2.32. The van der Waals surface area contributed by atoms with Gasteiger partial charge in [-0.2, -0.15) is 5.10 Å². The summed E-state index contributed by atoms with van der Waals surface area (Å²) >= 11 is 6.94. The van der Waals surface area contributed by atoms with Gasteiger partial charge < -0.3 is 0 Å². The second-order valence-corrected chi connectivity index (χ2v) is 10.3. The Hall–Kier alpha value is -3.22. The summed E-state index contributed by atoms with van der Waals surface area (Å²) in [4.78, 5) is 15.6. The topological polar surface area (TPSA) is 38.1 Å². The van der Waals surface area contributed by atoms with Gasteiger partial charge in [0.25, 0.3) is 5.91 Å². The normalized spacial score (nSPS) is 15.0. The number of nitrogens with zero attached hydrogens (tertiary/aromatic N) is 3. The van der Waals surface area contributed by atoms with Gasteiger partial charge in [-0.25, -0.2) is 4.68 Å². The van der Waals surface area contributed by atoms with Gasteiger partial charge in [0.1, 0.15) is 10.0 Å². The van der Waals surface area contributed by atoms with Gasteiger partial charge in [0, 0.05) is 23.9 Å². The molecular formula is C29H27N3OS2. The molecule has 1 fully saturated rings. The minimum absolute atomic E-state index is 0.00609. The van der Waals surface area contributed by atoms with Gasteiger partial charge in [-0.1, -0.05) is 105 Å². The number of benzene rings is 3. The first-order valence-corrected chi connectivity index (χ1v) is 13.3. The summed E-state index contributed by atoms with van der Waals surface area (Å²) in [5.74, 6) is -0.00609. The molecular weight excluding hydrogens is 470 g/mol. The van der Waals surface area contributed by atoms with Crippen molar-refractivity contribution < 1.29 is 4.79 Å². The minimum Gasteiger partial charge on any atom is -0.293 e. The zero-order valence-corrected chi connectivity index (χ0v) is 21.3. The second-order valence-electron chi connectivity index (χ2n) is 8.67. The Morgan fingerprint density at radius 3 is 2.51 bits per heavy atom. The lowest BCUT2D eigenvalue weighted by molar-refractivity contribution is -0.122. The van der Waals surface area contributed by atoms with E-state index in [9.17, 15) is 4.79 Å². The summed E-state index contributed by atoms with van der Waals surface area (Å²) in [5.41, 5.74) is 3.72. The van der Waals surface area contributed by atoms with E-state index in [0.717, 1.165) is 40.7 Å². The number of hydrogen-bond donors (Lipinski definition) is 0. The predicted octanol–water partition coefficient (Wildman–Crippen LogP) is 7.47. The Labute approximate surface area is 215 Å². The van der Waals surface area contributed by atoms with E-state index < -0.39 is 0 Å². The highest BCUT2D eigenvalue weighted by Crippen LogP contribution is 2.35. The Morgan fingerprint density at radius 1 is 0.943 bits per heavy atom. The molecule has 0 radical (unpaired) electrons. The summed E-state index contributed by atoms with van der Waals surface area (Å²) in [6.07, 6.45) is 8.38. The van der Waals surface area contributed by atoms with Crippen molar-refractivity contribution in [1.29, 1.82) is 0 Å². The average molecular weight is 498 g/mol. The molecule has 2 heterocycles. The number of unbranched alkanes of at least 4 members (excludes halogenated alkanes) is 3. The largest absolute Gasteiger partial charge is 0.293 e. The molecule has 0 saturated carbocycles. The summed E-state index contributed by atoms with van der Waals surface area (Å²) in [6, 6.07) is 24.7. The van der Waals surface area contributed by atoms with E-state index in [-0.39, 0.29) is 5.91 Å². The Bertz CT molecular complexity index is 1410. The zero-order valence-electron chi connectivity index (χ0n) is 19.7. The molecule has 1 aromatic heterocycles. The highest BCUT2D eigenvalue weighted by atomic mass is 32.2. The van der Waals surface area contributed by atoms with Crippen molar-refractivity contribution in [2.24, 2.45) is 0 Å². The van der Waals surface area contributed by atoms with Crippen molar-refractivity contribution in [3.05, 3.63) is 89.5 Å². The van der Waals surface area contributed by atoms with Gasteiger partial charge in [0.15, 0.2) is 0 Å². The van der Waals surface area contributed by atoms with Crippen LogP contribution in [0.15, 0.2) is 83.9 Å². The van der Waals surface area contributed by atoms with Crippen LogP contribution in [0.2, 0.25) is 0 Å². The number of hydrogen-bond acceptors (Lipinski definition) is 4. The van der Waals surface area contributed by atoms with Crippen LogP contribution in [0.25, 0.3) is 33.8 Å². The summed E-state index contributed by atoms with van der Waals surface area (Å²) < 4.78 is 2.52. The molecule has 1 saturated heterocycles. The molecule has 0 unspecified atom stereocenters. The molecule has 0 spiro atoms. The Morgan fingerprint density at radius 2 is 1.71 bits per heavy atom. The molecule has 0 N–H and O–H groups in total. The van der Waals surface area contributed by atoms with Crippen molar-refractivity contribution in [2.45, 2.75) is 32.6 Å². The quantitative estimate of drug-likeness (QED) is 0.144. The second kappa shape index (κ2) is 10.6. The van der Waals surface area contributed by atoms with E-state index in [2.05, 4.69) is 37.3 Å². The lowest BCUT2D eigenvalue weighted by atomic mass is 10.0. The summed E-state index contributed by atoms with van der Waals surface area (Å²) in [7, 11) is 0. The first-order valence-electron chi connectivity index (χ1n) is 12.0. The molecule has 4 aromatic rings. The number of thioether (sulfide) groups is 1. The molecule has 0 bridgehead atoms. The van der Waals surface area contributed by atoms with Crippen LogP contribution in [-0.4, -0.2) is 31.5 Å². The van der Waals surface area contributed by atoms with Crippen LogP contribution < -0.4 is 0 Å². The fraction of sp³-hybridized carbons (Fsp3) is 0.207. The van der Waals surface area contributed by atoms with Gasteiger partial charge in [0.05, 0.1) is 10.6 Å². The Kier molecular flexibility index (Phi) is 7.11. The molecule has 1 aliphatic rings. The van der Waals surface area contributed by atoms with Crippen LogP contribution in [0.5, 0.6) is 0 Å². The average Bonchev–Trinajstić information content (AvgIpc) is 3.43. The molecule has 0 aliphatic carbocycles. The van der Waals surface area contributed by atoms with Gasteiger partial charge in [-0.15, -0.1) is 0 Å². The lowest BCUT2D eigenvalue weighted by Gasteiger charge is -2.13. The zero-order chi connectivity index (χ0) is 24.2. The molecule has 176 valence electrons. The van der Waals surface area contributed by atoms with Crippen LogP contribution in [0.4, 0.5) is 0 Å². The van der Waals surface area contributed by atoms with Crippen LogP contribution in [0.1, 0.15) is 38.2 Å². The van der Waals surface area contributed by atoms with Gasteiger partial charge in [0.2, 0.25) is 0 Å². The van der Waals surface area contributed by atoms with E-state index in [1.165, 1.54) is 30.0 Å². The third-order valence-corrected chi connectivity index (χ3v) is 7.56. The fourth-order valence-corrected chi connectivity index (χ4v) is 5.60. The number of carbonyl (C=O) groups is 1. The molecule has 5 rings (SSSR count). The molecule has 0 atom stereocenters. The number of rotatable bonds is 8. The monoisotopic (exact) mass is 497 g/mol. The van der Waals surface area contributed by atoms with E-state index in [1.54, 1.807) is 4.90 Å². The third kappa shape index (κ3) is 5.09. The fourth-order valence-electron chi connectivity index (χ4n) is 4.30.